The van der Waals surface area contributed by atoms with E-state index in [4.69, 9.17) is 0 Å². The lowest BCUT2D eigenvalue weighted by atomic mass is 10.2. The van der Waals surface area contributed by atoms with Gasteiger partial charge in [0.2, 0.25) is 5.95 Å². The van der Waals surface area contributed by atoms with E-state index in [-0.39, 0.29) is 6.54 Å². The average molecular weight is 264 g/mol. The number of hydrogen-bond donors (Lipinski definition) is 2. The molecule has 19 heavy (non-hydrogen) atoms. The van der Waals surface area contributed by atoms with Crippen LogP contribution in [0.3, 0.4) is 0 Å². The van der Waals surface area contributed by atoms with Gasteiger partial charge >= 0.3 is 0 Å². The minimum Gasteiger partial charge on any atom is -0.365 e. The third kappa shape index (κ3) is 3.15. The topological polar surface area (TPSA) is 49.8 Å². The fourth-order valence-corrected chi connectivity index (χ4v) is 1.59. The van der Waals surface area contributed by atoms with Crippen molar-refractivity contribution in [1.82, 2.24) is 9.97 Å². The second kappa shape index (κ2) is 5.60. The number of aryl methyl sites for hydroxylation is 1. The number of aromatic nitrogens is 2. The van der Waals surface area contributed by atoms with Gasteiger partial charge in [-0.1, -0.05) is 6.07 Å². The molecule has 6 heteroatoms. The molecule has 0 saturated carbocycles. The minimum absolute atomic E-state index is 0.229. The van der Waals surface area contributed by atoms with Gasteiger partial charge in [-0.05, 0) is 13.0 Å². The molecule has 0 bridgehead atoms. The molecule has 1 aromatic heterocycles. The van der Waals surface area contributed by atoms with Crippen LogP contribution in [-0.2, 0) is 6.54 Å². The Kier molecular flexibility index (Phi) is 3.89. The van der Waals surface area contributed by atoms with Gasteiger partial charge in [0.05, 0.1) is 0 Å². The van der Waals surface area contributed by atoms with Crippen molar-refractivity contribution in [2.45, 2.75) is 13.5 Å². The van der Waals surface area contributed by atoms with Crippen molar-refractivity contribution in [2.75, 3.05) is 17.7 Å². The number of nitrogens with zero attached hydrogens (tertiary/aromatic N) is 2. The minimum atomic E-state index is -0.586. The van der Waals surface area contributed by atoms with Gasteiger partial charge < -0.3 is 10.6 Å². The molecule has 0 atom stereocenters. The lowest BCUT2D eigenvalue weighted by molar-refractivity contribution is 0.574. The van der Waals surface area contributed by atoms with E-state index in [1.54, 1.807) is 13.2 Å². The molecule has 0 aliphatic heterocycles. The van der Waals surface area contributed by atoms with Gasteiger partial charge in [0.15, 0.2) is 0 Å². The zero-order valence-electron chi connectivity index (χ0n) is 10.7. The first kappa shape index (κ1) is 13.2. The van der Waals surface area contributed by atoms with Crippen LogP contribution in [0.25, 0.3) is 0 Å². The van der Waals surface area contributed by atoms with E-state index < -0.39 is 11.6 Å². The zero-order valence-corrected chi connectivity index (χ0v) is 10.7. The molecule has 0 spiro atoms. The largest absolute Gasteiger partial charge is 0.365 e. The van der Waals surface area contributed by atoms with Crippen molar-refractivity contribution in [3.8, 4) is 0 Å². The summed E-state index contributed by atoms with van der Waals surface area (Å²) >= 11 is 0. The highest BCUT2D eigenvalue weighted by Crippen LogP contribution is 2.15. The zero-order chi connectivity index (χ0) is 13.8. The Balaban J connectivity index is 2.14. The summed E-state index contributed by atoms with van der Waals surface area (Å²) in [5, 5.41) is 5.84. The Morgan fingerprint density at radius 2 is 2.05 bits per heavy atom. The van der Waals surface area contributed by atoms with Gasteiger partial charge in [-0.15, -0.1) is 0 Å². The maximum atomic E-state index is 13.5. The number of halogens is 2. The van der Waals surface area contributed by atoms with Crippen molar-refractivity contribution in [1.29, 1.82) is 0 Å². The molecule has 2 rings (SSSR count). The molecule has 0 saturated heterocycles. The van der Waals surface area contributed by atoms with Gasteiger partial charge in [-0.25, -0.2) is 13.8 Å². The third-order valence-corrected chi connectivity index (χ3v) is 2.66. The predicted octanol–water partition coefficient (Wildman–Crippen LogP) is 2.72. The van der Waals surface area contributed by atoms with Gasteiger partial charge in [0.25, 0.3) is 0 Å². The van der Waals surface area contributed by atoms with E-state index in [0.717, 1.165) is 11.6 Å². The van der Waals surface area contributed by atoms with Crippen LogP contribution in [0.5, 0.6) is 0 Å². The molecule has 0 unspecified atom stereocenters. The Morgan fingerprint density at radius 1 is 1.26 bits per heavy atom. The SMILES string of the molecule is CNc1ncc(C)c(NCc2ccc(F)cc2F)n1. The van der Waals surface area contributed by atoms with Gasteiger partial charge in [0.1, 0.15) is 17.5 Å². The number of nitrogens with one attached hydrogen (secondary N) is 2. The molecule has 0 aliphatic rings. The van der Waals surface area contributed by atoms with Gasteiger partial charge in [0, 0.05) is 37.0 Å². The lowest BCUT2D eigenvalue weighted by Crippen LogP contribution is -2.07. The Bertz CT molecular complexity index is 587. The number of hydrogen-bond acceptors (Lipinski definition) is 4. The first-order valence-corrected chi connectivity index (χ1v) is 5.79. The van der Waals surface area contributed by atoms with Crippen LogP contribution in [0.2, 0.25) is 0 Å². The fourth-order valence-electron chi connectivity index (χ4n) is 1.59. The third-order valence-electron chi connectivity index (χ3n) is 2.66. The number of benzene rings is 1. The highest BCUT2D eigenvalue weighted by molar-refractivity contribution is 5.46. The Morgan fingerprint density at radius 3 is 2.74 bits per heavy atom. The van der Waals surface area contributed by atoms with Crippen LogP contribution in [0.15, 0.2) is 24.4 Å². The summed E-state index contributed by atoms with van der Waals surface area (Å²) in [6, 6.07) is 3.50. The molecule has 100 valence electrons. The molecule has 0 radical (unpaired) electrons. The first-order chi connectivity index (χ1) is 9.10. The fraction of sp³-hybridized carbons (Fsp3) is 0.231. The summed E-state index contributed by atoms with van der Waals surface area (Å²) in [6.45, 7) is 2.08. The molecule has 1 heterocycles. The van der Waals surface area contributed by atoms with E-state index in [1.165, 1.54) is 12.1 Å². The Hall–Kier alpha value is -2.24. The van der Waals surface area contributed by atoms with Crippen LogP contribution in [0, 0.1) is 18.6 Å². The van der Waals surface area contributed by atoms with Crippen molar-refractivity contribution >= 4 is 11.8 Å². The average Bonchev–Trinajstić information content (AvgIpc) is 2.39. The van der Waals surface area contributed by atoms with E-state index in [1.807, 2.05) is 6.92 Å². The van der Waals surface area contributed by atoms with Crippen LogP contribution < -0.4 is 10.6 Å². The van der Waals surface area contributed by atoms with Crippen molar-refractivity contribution in [2.24, 2.45) is 0 Å². The highest BCUT2D eigenvalue weighted by Gasteiger charge is 2.06. The molecule has 4 nitrogen and oxygen atoms in total. The van der Waals surface area contributed by atoms with E-state index in [0.29, 0.717) is 17.3 Å². The quantitative estimate of drug-likeness (QED) is 0.891. The molecule has 2 N–H and O–H groups in total. The summed E-state index contributed by atoms with van der Waals surface area (Å²) in [6.07, 6.45) is 1.67. The maximum Gasteiger partial charge on any atom is 0.224 e. The van der Waals surface area contributed by atoms with Crippen LogP contribution in [0.1, 0.15) is 11.1 Å². The Labute approximate surface area is 109 Å². The summed E-state index contributed by atoms with van der Waals surface area (Å²) in [4.78, 5) is 8.28. The van der Waals surface area contributed by atoms with Gasteiger partial charge in [-0.3, -0.25) is 0 Å². The summed E-state index contributed by atoms with van der Waals surface area (Å²) < 4.78 is 26.3. The van der Waals surface area contributed by atoms with Crippen LogP contribution >= 0.6 is 0 Å². The predicted molar refractivity (Wildman–Crippen MR) is 70.0 cm³/mol. The normalized spacial score (nSPS) is 10.3. The standard InChI is InChI=1S/C13H14F2N4/c1-8-6-18-13(16-2)19-12(8)17-7-9-3-4-10(14)5-11(9)15/h3-6H,7H2,1-2H3,(H2,16,17,18,19). The monoisotopic (exact) mass is 264 g/mol. The molecule has 0 fully saturated rings. The van der Waals surface area contributed by atoms with Crippen LogP contribution in [0.4, 0.5) is 20.5 Å². The maximum absolute atomic E-state index is 13.5. The smallest absolute Gasteiger partial charge is 0.224 e. The summed E-state index contributed by atoms with van der Waals surface area (Å²) in [5.41, 5.74) is 1.23. The van der Waals surface area contributed by atoms with E-state index >= 15 is 0 Å². The second-order valence-corrected chi connectivity index (χ2v) is 4.06. The number of anilines is 2. The first-order valence-electron chi connectivity index (χ1n) is 5.79. The summed E-state index contributed by atoms with van der Waals surface area (Å²) in [5.74, 6) is -0.0688. The lowest BCUT2D eigenvalue weighted by Gasteiger charge is -2.10. The van der Waals surface area contributed by atoms with E-state index in [2.05, 4.69) is 20.6 Å². The molecule has 0 amide bonds. The van der Waals surface area contributed by atoms with Crippen LogP contribution in [-0.4, -0.2) is 17.0 Å². The molecule has 0 aliphatic carbocycles. The number of rotatable bonds is 4. The van der Waals surface area contributed by atoms with Gasteiger partial charge in [-0.2, -0.15) is 4.98 Å². The summed E-state index contributed by atoms with van der Waals surface area (Å²) in [7, 11) is 1.72. The molecular formula is C13H14F2N4. The molecular weight excluding hydrogens is 250 g/mol. The van der Waals surface area contributed by atoms with E-state index in [9.17, 15) is 8.78 Å². The molecule has 2 aromatic rings. The van der Waals surface area contributed by atoms with Crippen molar-refractivity contribution < 1.29 is 8.78 Å². The molecule has 1 aromatic carbocycles. The highest BCUT2D eigenvalue weighted by atomic mass is 19.1. The van der Waals surface area contributed by atoms with Crippen molar-refractivity contribution in [3.05, 3.63) is 47.2 Å². The second-order valence-electron chi connectivity index (χ2n) is 4.06. The van der Waals surface area contributed by atoms with Crippen molar-refractivity contribution in [3.63, 3.8) is 0 Å².